The minimum Gasteiger partial charge on any atom is -0.367 e. The largest absolute Gasteiger partial charge is 0.367 e. The van der Waals surface area contributed by atoms with Gasteiger partial charge in [0, 0.05) is 12.7 Å². The fraction of sp³-hybridized carbons (Fsp3) is 0.500. The summed E-state index contributed by atoms with van der Waals surface area (Å²) in [5, 5.41) is 8.68. The molecule has 0 radical (unpaired) electrons. The maximum absolute atomic E-state index is 5.80. The van der Waals surface area contributed by atoms with E-state index in [0.717, 1.165) is 25.3 Å². The maximum Gasteiger partial charge on any atom is 0.170 e. The Labute approximate surface area is 97.4 Å². The van der Waals surface area contributed by atoms with Crippen molar-refractivity contribution in [1.29, 1.82) is 0 Å². The van der Waals surface area contributed by atoms with E-state index in [4.69, 9.17) is 16.3 Å². The number of hydrogen-bond acceptors (Lipinski definition) is 4. The molecule has 0 N–H and O–H groups in total. The molecule has 0 saturated carbocycles. The van der Waals surface area contributed by atoms with Gasteiger partial charge in [0.1, 0.15) is 17.1 Å². The highest BCUT2D eigenvalue weighted by molar-refractivity contribution is 6.29. The third-order valence-corrected chi connectivity index (χ3v) is 3.17. The summed E-state index contributed by atoms with van der Waals surface area (Å²) in [6, 6.07) is 1.69. The van der Waals surface area contributed by atoms with Gasteiger partial charge in [-0.05, 0) is 19.8 Å². The van der Waals surface area contributed by atoms with Gasteiger partial charge in [-0.25, -0.2) is 4.98 Å². The molecule has 0 aliphatic carbocycles. The van der Waals surface area contributed by atoms with Gasteiger partial charge in [-0.1, -0.05) is 11.6 Å². The Hall–Kier alpha value is -1.20. The fourth-order valence-corrected chi connectivity index (χ4v) is 2.23. The van der Waals surface area contributed by atoms with Crippen molar-refractivity contribution >= 4 is 17.2 Å². The second-order valence-electron chi connectivity index (χ2n) is 4.15. The average molecular weight is 239 g/mol. The van der Waals surface area contributed by atoms with Gasteiger partial charge in [-0.3, -0.25) is 4.40 Å². The van der Waals surface area contributed by atoms with E-state index >= 15 is 0 Å². The summed E-state index contributed by atoms with van der Waals surface area (Å²) in [5.74, 6) is 0.796. The normalized spacial score (nSPS) is 25.4. The Morgan fingerprint density at radius 1 is 1.50 bits per heavy atom. The maximum atomic E-state index is 5.80. The van der Waals surface area contributed by atoms with Gasteiger partial charge in [0.05, 0.1) is 0 Å². The van der Waals surface area contributed by atoms with Crippen LogP contribution in [0.15, 0.2) is 12.4 Å². The summed E-state index contributed by atoms with van der Waals surface area (Å²) in [7, 11) is 0. The lowest BCUT2D eigenvalue weighted by Gasteiger charge is -2.20. The highest BCUT2D eigenvalue weighted by Gasteiger charge is 2.36. The van der Waals surface area contributed by atoms with E-state index < -0.39 is 0 Å². The first kappa shape index (κ1) is 9.99. The summed E-state index contributed by atoms with van der Waals surface area (Å²) in [5.41, 5.74) is 0.348. The first-order chi connectivity index (χ1) is 7.69. The number of halogens is 1. The zero-order valence-electron chi connectivity index (χ0n) is 8.85. The zero-order valence-corrected chi connectivity index (χ0v) is 9.61. The fourth-order valence-electron chi connectivity index (χ4n) is 2.09. The number of aromatic nitrogens is 4. The zero-order chi connectivity index (χ0) is 11.2. The second-order valence-corrected chi connectivity index (χ2v) is 4.53. The van der Waals surface area contributed by atoms with E-state index in [2.05, 4.69) is 15.2 Å². The molecule has 5 nitrogen and oxygen atoms in total. The SMILES string of the molecule is CC1(c2nnc3cc(Cl)ncn23)CCCO1. The molecule has 0 amide bonds. The second kappa shape index (κ2) is 3.40. The lowest BCUT2D eigenvalue weighted by molar-refractivity contribution is 0.00848. The summed E-state index contributed by atoms with van der Waals surface area (Å²) in [6.07, 6.45) is 3.64. The van der Waals surface area contributed by atoms with Crippen molar-refractivity contribution in [3.05, 3.63) is 23.4 Å². The smallest absolute Gasteiger partial charge is 0.170 e. The number of rotatable bonds is 1. The molecule has 0 spiro atoms. The van der Waals surface area contributed by atoms with Crippen LogP contribution < -0.4 is 0 Å². The van der Waals surface area contributed by atoms with Crippen LogP contribution in [0.1, 0.15) is 25.6 Å². The van der Waals surface area contributed by atoms with Gasteiger partial charge in [0.15, 0.2) is 11.5 Å². The van der Waals surface area contributed by atoms with Crippen molar-refractivity contribution in [2.75, 3.05) is 6.61 Å². The van der Waals surface area contributed by atoms with Crippen LogP contribution in [-0.2, 0) is 10.3 Å². The molecular weight excluding hydrogens is 228 g/mol. The summed E-state index contributed by atoms with van der Waals surface area (Å²) < 4.78 is 7.57. The molecule has 2 aromatic rings. The van der Waals surface area contributed by atoms with E-state index in [1.54, 1.807) is 12.4 Å². The molecule has 1 saturated heterocycles. The van der Waals surface area contributed by atoms with Crippen LogP contribution in [-0.4, -0.2) is 26.2 Å². The summed E-state index contributed by atoms with van der Waals surface area (Å²) in [6.45, 7) is 2.80. The lowest BCUT2D eigenvalue weighted by Crippen LogP contribution is -2.23. The number of fused-ring (bicyclic) bond motifs is 1. The Balaban J connectivity index is 2.17. The van der Waals surface area contributed by atoms with Gasteiger partial charge in [0.25, 0.3) is 0 Å². The summed E-state index contributed by atoms with van der Waals surface area (Å²) >= 11 is 5.80. The van der Waals surface area contributed by atoms with Crippen LogP contribution in [0.5, 0.6) is 0 Å². The highest BCUT2D eigenvalue weighted by Crippen LogP contribution is 2.34. The van der Waals surface area contributed by atoms with Crippen molar-refractivity contribution in [3.63, 3.8) is 0 Å². The molecular formula is C10H11ClN4O. The van der Waals surface area contributed by atoms with Gasteiger partial charge < -0.3 is 4.74 Å². The number of ether oxygens (including phenoxy) is 1. The van der Waals surface area contributed by atoms with Crippen molar-refractivity contribution in [3.8, 4) is 0 Å². The predicted octanol–water partition coefficient (Wildman–Crippen LogP) is 1.80. The van der Waals surface area contributed by atoms with Gasteiger partial charge >= 0.3 is 0 Å². The molecule has 2 aromatic heterocycles. The van der Waals surface area contributed by atoms with Crippen molar-refractivity contribution in [1.82, 2.24) is 19.6 Å². The molecule has 0 aromatic carbocycles. The minimum absolute atomic E-state index is 0.352. The standard InChI is InChI=1S/C10H11ClN4O/c1-10(3-2-4-16-10)9-14-13-8-5-7(11)12-6-15(8)9/h5-6H,2-4H2,1H3. The lowest BCUT2D eigenvalue weighted by atomic mass is 10.0. The first-order valence-corrected chi connectivity index (χ1v) is 5.58. The van der Waals surface area contributed by atoms with Crippen molar-refractivity contribution in [2.24, 2.45) is 0 Å². The van der Waals surface area contributed by atoms with Gasteiger partial charge in [0.2, 0.25) is 0 Å². The topological polar surface area (TPSA) is 52.3 Å². The predicted molar refractivity (Wildman–Crippen MR) is 58.3 cm³/mol. The first-order valence-electron chi connectivity index (χ1n) is 5.20. The molecule has 3 heterocycles. The summed E-state index contributed by atoms with van der Waals surface area (Å²) in [4.78, 5) is 4.04. The van der Waals surface area contributed by atoms with E-state index in [1.165, 1.54) is 0 Å². The van der Waals surface area contributed by atoms with Crippen LogP contribution >= 0.6 is 11.6 Å². The molecule has 84 valence electrons. The Bertz CT molecular complexity index is 533. The number of nitrogens with zero attached hydrogens (tertiary/aromatic N) is 4. The van der Waals surface area contributed by atoms with E-state index in [-0.39, 0.29) is 5.60 Å². The van der Waals surface area contributed by atoms with E-state index in [9.17, 15) is 0 Å². The minimum atomic E-state index is -0.352. The highest BCUT2D eigenvalue weighted by atomic mass is 35.5. The average Bonchev–Trinajstić information content (AvgIpc) is 2.84. The quantitative estimate of drug-likeness (QED) is 0.711. The Kier molecular flexibility index (Phi) is 2.12. The molecule has 1 fully saturated rings. The van der Waals surface area contributed by atoms with Crippen LogP contribution in [0.2, 0.25) is 5.15 Å². The van der Waals surface area contributed by atoms with E-state index in [0.29, 0.717) is 10.8 Å². The van der Waals surface area contributed by atoms with Gasteiger partial charge in [-0.2, -0.15) is 0 Å². The molecule has 0 bridgehead atoms. The van der Waals surface area contributed by atoms with E-state index in [1.807, 2.05) is 11.3 Å². The van der Waals surface area contributed by atoms with Crippen molar-refractivity contribution < 1.29 is 4.74 Å². The molecule has 16 heavy (non-hydrogen) atoms. The third kappa shape index (κ3) is 1.39. The molecule has 1 atom stereocenters. The van der Waals surface area contributed by atoms with Crippen LogP contribution in [0, 0.1) is 0 Å². The van der Waals surface area contributed by atoms with Crippen molar-refractivity contribution in [2.45, 2.75) is 25.4 Å². The molecule has 1 aliphatic heterocycles. The van der Waals surface area contributed by atoms with Crippen LogP contribution in [0.3, 0.4) is 0 Å². The van der Waals surface area contributed by atoms with Crippen LogP contribution in [0.4, 0.5) is 0 Å². The van der Waals surface area contributed by atoms with Crippen LogP contribution in [0.25, 0.3) is 5.65 Å². The molecule has 1 unspecified atom stereocenters. The third-order valence-electron chi connectivity index (χ3n) is 2.96. The monoisotopic (exact) mass is 238 g/mol. The Morgan fingerprint density at radius 2 is 2.38 bits per heavy atom. The molecule has 3 rings (SSSR count). The Morgan fingerprint density at radius 3 is 3.12 bits per heavy atom. The molecule has 1 aliphatic rings. The molecule has 6 heteroatoms. The number of hydrogen-bond donors (Lipinski definition) is 0. The van der Waals surface area contributed by atoms with Gasteiger partial charge in [-0.15, -0.1) is 10.2 Å².